The summed E-state index contributed by atoms with van der Waals surface area (Å²) in [5.41, 5.74) is 9.56. The number of anilines is 1. The van der Waals surface area contributed by atoms with E-state index in [9.17, 15) is 4.39 Å². The Balaban J connectivity index is 2.24. The minimum atomic E-state index is -0.156. The molecule has 0 radical (unpaired) electrons. The maximum Gasteiger partial charge on any atom is 0.136 e. The third kappa shape index (κ3) is 3.55. The Morgan fingerprint density at radius 3 is 2.43 bits per heavy atom. The van der Waals surface area contributed by atoms with Crippen molar-refractivity contribution in [1.29, 1.82) is 0 Å². The smallest absolute Gasteiger partial charge is 0.136 e. The van der Waals surface area contributed by atoms with Gasteiger partial charge in [0.25, 0.3) is 0 Å². The van der Waals surface area contributed by atoms with Crippen LogP contribution in [-0.2, 0) is 6.54 Å². The lowest BCUT2D eigenvalue weighted by Crippen LogP contribution is -2.15. The molecule has 3 nitrogen and oxygen atoms in total. The third-order valence-electron chi connectivity index (χ3n) is 3.26. The molecule has 0 aliphatic carbocycles. The number of hydrogen-bond donors (Lipinski definition) is 2. The zero-order chi connectivity index (χ0) is 15.6. The molecular weight excluding hydrogens is 285 g/mol. The number of pyridine rings is 1. The van der Waals surface area contributed by atoms with Crippen LogP contribution in [0.3, 0.4) is 0 Å². The molecule has 5 heteroatoms. The molecule has 1 aromatic carbocycles. The van der Waals surface area contributed by atoms with Crippen molar-refractivity contribution in [2.75, 3.05) is 5.32 Å². The molecule has 110 valence electrons. The molecule has 1 aromatic heterocycles. The van der Waals surface area contributed by atoms with Gasteiger partial charge in [0.1, 0.15) is 16.6 Å². The van der Waals surface area contributed by atoms with E-state index in [1.807, 2.05) is 31.2 Å². The number of rotatable bonds is 4. The predicted molar refractivity (Wildman–Crippen MR) is 88.1 cm³/mol. The lowest BCUT2D eigenvalue weighted by Gasteiger charge is -2.12. The van der Waals surface area contributed by atoms with E-state index in [1.165, 1.54) is 0 Å². The molecular formula is C16H18FN3S. The number of aromatic nitrogens is 1. The highest BCUT2D eigenvalue weighted by Gasteiger charge is 2.08. The summed E-state index contributed by atoms with van der Waals surface area (Å²) < 4.78 is 13.6. The molecule has 0 aliphatic rings. The van der Waals surface area contributed by atoms with Crippen LogP contribution in [0.15, 0.2) is 24.3 Å². The first kappa shape index (κ1) is 15.4. The van der Waals surface area contributed by atoms with E-state index >= 15 is 0 Å². The van der Waals surface area contributed by atoms with E-state index < -0.39 is 0 Å². The first-order valence-electron chi connectivity index (χ1n) is 6.65. The average Bonchev–Trinajstić information content (AvgIpc) is 2.42. The van der Waals surface area contributed by atoms with E-state index in [4.69, 9.17) is 18.0 Å². The number of halogens is 1. The molecule has 0 aliphatic heterocycles. The SMILES string of the molecule is Cc1ccc(C(N)=S)c(NCc2cc(C)c(F)c(C)c2)n1. The van der Waals surface area contributed by atoms with E-state index in [1.54, 1.807) is 13.8 Å². The van der Waals surface area contributed by atoms with Gasteiger partial charge in [0.2, 0.25) is 0 Å². The number of benzene rings is 1. The van der Waals surface area contributed by atoms with Crippen LogP contribution >= 0.6 is 12.2 Å². The highest BCUT2D eigenvalue weighted by Crippen LogP contribution is 2.18. The topological polar surface area (TPSA) is 50.9 Å². The number of nitrogens with two attached hydrogens (primary N) is 1. The van der Waals surface area contributed by atoms with Crippen LogP contribution in [0.1, 0.15) is 27.9 Å². The second kappa shape index (κ2) is 6.18. The first-order valence-corrected chi connectivity index (χ1v) is 7.06. The Hall–Kier alpha value is -2.01. The van der Waals surface area contributed by atoms with Gasteiger partial charge in [-0.05, 0) is 49.6 Å². The monoisotopic (exact) mass is 303 g/mol. The Morgan fingerprint density at radius 1 is 1.24 bits per heavy atom. The molecule has 3 N–H and O–H groups in total. The van der Waals surface area contributed by atoms with Crippen molar-refractivity contribution in [2.24, 2.45) is 5.73 Å². The van der Waals surface area contributed by atoms with Crippen LogP contribution in [0.25, 0.3) is 0 Å². The molecule has 0 saturated carbocycles. The minimum Gasteiger partial charge on any atom is -0.389 e. The van der Waals surface area contributed by atoms with Crippen LogP contribution in [0.4, 0.5) is 10.2 Å². The number of aryl methyl sites for hydroxylation is 3. The summed E-state index contributed by atoms with van der Waals surface area (Å²) in [6, 6.07) is 7.37. The quantitative estimate of drug-likeness (QED) is 0.850. The van der Waals surface area contributed by atoms with Gasteiger partial charge >= 0.3 is 0 Å². The fourth-order valence-corrected chi connectivity index (χ4v) is 2.38. The van der Waals surface area contributed by atoms with Crippen molar-refractivity contribution in [3.8, 4) is 0 Å². The molecule has 0 bridgehead atoms. The molecule has 0 fully saturated rings. The lowest BCUT2D eigenvalue weighted by atomic mass is 10.1. The van der Waals surface area contributed by atoms with Gasteiger partial charge < -0.3 is 11.1 Å². The number of thiocarbonyl (C=S) groups is 1. The Labute approximate surface area is 129 Å². The normalized spacial score (nSPS) is 10.5. The van der Waals surface area contributed by atoms with Gasteiger partial charge in [-0.1, -0.05) is 24.4 Å². The van der Waals surface area contributed by atoms with Crippen molar-refractivity contribution in [2.45, 2.75) is 27.3 Å². The van der Waals surface area contributed by atoms with Crippen LogP contribution in [0, 0.1) is 26.6 Å². The van der Waals surface area contributed by atoms with E-state index in [2.05, 4.69) is 10.3 Å². The standard InChI is InChI=1S/C16H18FN3S/c1-9-6-12(7-10(2)14(9)17)8-19-16-13(15(18)21)5-4-11(3)20-16/h4-7H,8H2,1-3H3,(H2,18,21)(H,19,20). The Morgan fingerprint density at radius 2 is 1.86 bits per heavy atom. The second-order valence-electron chi connectivity index (χ2n) is 5.11. The summed E-state index contributed by atoms with van der Waals surface area (Å²) in [4.78, 5) is 4.72. The summed E-state index contributed by atoms with van der Waals surface area (Å²) >= 11 is 5.03. The summed E-state index contributed by atoms with van der Waals surface area (Å²) in [5, 5.41) is 3.22. The predicted octanol–water partition coefficient (Wildman–Crippen LogP) is 3.39. The highest BCUT2D eigenvalue weighted by atomic mass is 32.1. The minimum absolute atomic E-state index is 0.156. The molecule has 2 aromatic rings. The van der Waals surface area contributed by atoms with Crippen molar-refractivity contribution < 1.29 is 4.39 Å². The molecule has 0 amide bonds. The van der Waals surface area contributed by atoms with Crippen LogP contribution in [0.5, 0.6) is 0 Å². The van der Waals surface area contributed by atoms with Crippen LogP contribution < -0.4 is 11.1 Å². The summed E-state index contributed by atoms with van der Waals surface area (Å²) in [5.74, 6) is 0.499. The van der Waals surface area contributed by atoms with E-state index in [0.717, 1.165) is 11.3 Å². The fraction of sp³-hybridized carbons (Fsp3) is 0.250. The molecule has 2 rings (SSSR count). The number of nitrogens with one attached hydrogen (secondary N) is 1. The zero-order valence-electron chi connectivity index (χ0n) is 12.3. The van der Waals surface area contributed by atoms with Crippen molar-refractivity contribution >= 4 is 23.0 Å². The number of nitrogens with zero attached hydrogens (tertiary/aromatic N) is 1. The maximum atomic E-state index is 13.6. The van der Waals surface area contributed by atoms with Crippen molar-refractivity contribution in [3.05, 3.63) is 58.0 Å². The van der Waals surface area contributed by atoms with Crippen molar-refractivity contribution in [1.82, 2.24) is 4.98 Å². The zero-order valence-corrected chi connectivity index (χ0v) is 13.1. The summed E-state index contributed by atoms with van der Waals surface area (Å²) in [6.07, 6.45) is 0. The molecule has 0 spiro atoms. The van der Waals surface area contributed by atoms with Crippen molar-refractivity contribution in [3.63, 3.8) is 0 Å². The highest BCUT2D eigenvalue weighted by molar-refractivity contribution is 7.80. The average molecular weight is 303 g/mol. The largest absolute Gasteiger partial charge is 0.389 e. The van der Waals surface area contributed by atoms with E-state index in [0.29, 0.717) is 34.0 Å². The van der Waals surface area contributed by atoms with Crippen LogP contribution in [0.2, 0.25) is 0 Å². The summed E-state index contributed by atoms with van der Waals surface area (Å²) in [6.45, 7) is 5.96. The van der Waals surface area contributed by atoms with Gasteiger partial charge in [0, 0.05) is 12.2 Å². The molecule has 0 atom stereocenters. The molecule has 0 unspecified atom stereocenters. The fourth-order valence-electron chi connectivity index (χ4n) is 2.21. The molecule has 21 heavy (non-hydrogen) atoms. The molecule has 1 heterocycles. The lowest BCUT2D eigenvalue weighted by molar-refractivity contribution is 0.608. The third-order valence-corrected chi connectivity index (χ3v) is 3.48. The molecule has 0 saturated heterocycles. The summed E-state index contributed by atoms with van der Waals surface area (Å²) in [7, 11) is 0. The van der Waals surface area contributed by atoms with Crippen LogP contribution in [-0.4, -0.2) is 9.97 Å². The van der Waals surface area contributed by atoms with Gasteiger partial charge in [-0.25, -0.2) is 9.37 Å². The second-order valence-corrected chi connectivity index (χ2v) is 5.55. The van der Waals surface area contributed by atoms with Gasteiger partial charge in [-0.2, -0.15) is 0 Å². The van der Waals surface area contributed by atoms with Gasteiger partial charge in [0.05, 0.1) is 5.56 Å². The van der Waals surface area contributed by atoms with Gasteiger partial charge in [0.15, 0.2) is 0 Å². The number of hydrogen-bond acceptors (Lipinski definition) is 3. The Kier molecular flexibility index (Phi) is 4.53. The maximum absolute atomic E-state index is 13.6. The van der Waals surface area contributed by atoms with E-state index in [-0.39, 0.29) is 5.82 Å². The first-order chi connectivity index (χ1) is 9.88. The Bertz CT molecular complexity index is 675. The van der Waals surface area contributed by atoms with Gasteiger partial charge in [-0.3, -0.25) is 0 Å². The van der Waals surface area contributed by atoms with Gasteiger partial charge in [-0.15, -0.1) is 0 Å².